The highest BCUT2D eigenvalue weighted by Gasteiger charge is 2.48. The lowest BCUT2D eigenvalue weighted by Crippen LogP contribution is -2.30. The maximum Gasteiger partial charge on any atom is 0.302 e. The van der Waals surface area contributed by atoms with Crippen LogP contribution in [-0.2, 0) is 9.59 Å². The number of fused-ring (bicyclic) bond motifs is 1. The number of imidazole rings is 1. The molecule has 36 heavy (non-hydrogen) atoms. The second kappa shape index (κ2) is 8.95. The number of H-pyrrole nitrogens is 1. The van der Waals surface area contributed by atoms with Crippen molar-refractivity contribution in [1.29, 1.82) is 0 Å². The number of hydrogen-bond acceptors (Lipinski definition) is 5. The largest absolute Gasteiger partial charge is 0.507 e. The van der Waals surface area contributed by atoms with Crippen molar-refractivity contribution in [3.05, 3.63) is 93.0 Å². The molecule has 4 aromatic rings. The van der Waals surface area contributed by atoms with Crippen LogP contribution in [0.1, 0.15) is 28.3 Å². The van der Waals surface area contributed by atoms with Crippen LogP contribution in [0.4, 0.5) is 11.6 Å². The Labute approximate surface area is 217 Å². The maximum atomic E-state index is 13.4. The van der Waals surface area contributed by atoms with E-state index in [1.54, 1.807) is 24.3 Å². The van der Waals surface area contributed by atoms with Crippen molar-refractivity contribution in [3.63, 3.8) is 0 Å². The first kappa shape index (κ1) is 23.8. The van der Waals surface area contributed by atoms with E-state index in [0.717, 1.165) is 26.8 Å². The van der Waals surface area contributed by atoms with Crippen LogP contribution < -0.4 is 9.80 Å². The molecule has 1 fully saturated rings. The third-order valence-corrected chi connectivity index (χ3v) is 7.13. The number of Topliss-reactive ketones (excluding diaryl/α,β-unsaturated/α-hetero) is 1. The van der Waals surface area contributed by atoms with Gasteiger partial charge >= 0.3 is 5.91 Å². The van der Waals surface area contributed by atoms with E-state index < -0.39 is 17.7 Å². The third-order valence-electron chi connectivity index (χ3n) is 6.60. The van der Waals surface area contributed by atoms with Crippen molar-refractivity contribution in [2.45, 2.75) is 19.9 Å². The Morgan fingerprint density at radius 1 is 1.00 bits per heavy atom. The van der Waals surface area contributed by atoms with Gasteiger partial charge in [0.1, 0.15) is 5.76 Å². The minimum Gasteiger partial charge on any atom is -0.507 e. The highest BCUT2D eigenvalue weighted by molar-refractivity contribution is 9.10. The lowest BCUT2D eigenvalue weighted by molar-refractivity contribution is -0.132. The highest BCUT2D eigenvalue weighted by Crippen LogP contribution is 2.42. The Bertz CT molecular complexity index is 1500. The molecule has 1 aliphatic rings. The van der Waals surface area contributed by atoms with Gasteiger partial charge in [-0.05, 0) is 66.9 Å². The summed E-state index contributed by atoms with van der Waals surface area (Å²) in [5, 5.41) is 11.3. The van der Waals surface area contributed by atoms with E-state index >= 15 is 0 Å². The van der Waals surface area contributed by atoms with Crippen molar-refractivity contribution in [2.75, 3.05) is 23.9 Å². The molecule has 1 unspecified atom stereocenters. The lowest BCUT2D eigenvalue weighted by atomic mass is 9.95. The summed E-state index contributed by atoms with van der Waals surface area (Å²) in [5.74, 6) is -1.48. The Kier molecular flexibility index (Phi) is 5.92. The Balaban J connectivity index is 1.72. The number of aromatic amines is 1. The van der Waals surface area contributed by atoms with Crippen LogP contribution in [0.3, 0.4) is 0 Å². The van der Waals surface area contributed by atoms with E-state index in [-0.39, 0.29) is 17.3 Å². The number of aliphatic hydroxyl groups is 1. The van der Waals surface area contributed by atoms with Crippen molar-refractivity contribution in [3.8, 4) is 0 Å². The Morgan fingerprint density at radius 3 is 2.28 bits per heavy atom. The molecule has 0 bridgehead atoms. The van der Waals surface area contributed by atoms with Crippen molar-refractivity contribution in [1.82, 2.24) is 9.97 Å². The number of aromatic nitrogens is 2. The molecule has 2 N–H and O–H groups in total. The Hall–Kier alpha value is -3.91. The molecule has 0 spiro atoms. The number of hydrogen-bond donors (Lipinski definition) is 2. The summed E-state index contributed by atoms with van der Waals surface area (Å²) in [6.45, 7) is 4.01. The van der Waals surface area contributed by atoms with Crippen molar-refractivity contribution < 1.29 is 14.7 Å². The quantitative estimate of drug-likeness (QED) is 0.197. The van der Waals surface area contributed by atoms with Gasteiger partial charge in [-0.15, -0.1) is 0 Å². The molecule has 0 aliphatic carbocycles. The van der Waals surface area contributed by atoms with Gasteiger partial charge in [0.25, 0.3) is 5.78 Å². The monoisotopic (exact) mass is 544 g/mol. The molecule has 1 aliphatic heterocycles. The zero-order chi connectivity index (χ0) is 25.7. The average Bonchev–Trinajstić information content (AvgIpc) is 3.37. The molecule has 1 aromatic heterocycles. The van der Waals surface area contributed by atoms with Gasteiger partial charge in [0.2, 0.25) is 5.95 Å². The molecule has 7 nitrogen and oxygen atoms in total. The van der Waals surface area contributed by atoms with Crippen LogP contribution in [0.25, 0.3) is 16.8 Å². The van der Waals surface area contributed by atoms with Crippen LogP contribution in [0, 0.1) is 13.8 Å². The van der Waals surface area contributed by atoms with Gasteiger partial charge in [-0.25, -0.2) is 4.98 Å². The molecule has 1 amide bonds. The van der Waals surface area contributed by atoms with Crippen LogP contribution in [-0.4, -0.2) is 40.9 Å². The number of amides is 1. The summed E-state index contributed by atoms with van der Waals surface area (Å²) < 4.78 is 0.836. The zero-order valence-corrected chi connectivity index (χ0v) is 21.9. The van der Waals surface area contributed by atoms with Crippen LogP contribution in [0.2, 0.25) is 0 Å². The molecular weight excluding hydrogens is 520 g/mol. The third kappa shape index (κ3) is 3.97. The molecule has 2 heterocycles. The number of aliphatic hydroxyl groups excluding tert-OH is 1. The molecule has 1 atom stereocenters. The van der Waals surface area contributed by atoms with Gasteiger partial charge in [0, 0.05) is 29.8 Å². The number of carbonyl (C=O) groups excluding carboxylic acids is 2. The van der Waals surface area contributed by atoms with Gasteiger partial charge in [0.05, 0.1) is 22.6 Å². The Morgan fingerprint density at radius 2 is 1.64 bits per heavy atom. The van der Waals surface area contributed by atoms with Gasteiger partial charge in [-0.2, -0.15) is 0 Å². The number of nitrogens with one attached hydrogen (secondary N) is 1. The molecule has 5 rings (SSSR count). The van der Waals surface area contributed by atoms with Gasteiger partial charge < -0.3 is 15.0 Å². The number of nitrogens with zero attached hydrogens (tertiary/aromatic N) is 3. The number of anilines is 2. The van der Waals surface area contributed by atoms with Crippen molar-refractivity contribution in [2.24, 2.45) is 0 Å². The van der Waals surface area contributed by atoms with E-state index in [0.29, 0.717) is 16.6 Å². The molecule has 0 saturated carbocycles. The summed E-state index contributed by atoms with van der Waals surface area (Å²) >= 11 is 3.39. The second-order valence-electron chi connectivity index (χ2n) is 9.18. The summed E-state index contributed by atoms with van der Waals surface area (Å²) in [6.07, 6.45) is 0. The van der Waals surface area contributed by atoms with Crippen molar-refractivity contribution >= 4 is 56.0 Å². The first-order chi connectivity index (χ1) is 17.2. The summed E-state index contributed by atoms with van der Waals surface area (Å²) in [5.41, 5.74) is 5.76. The molecular formula is C28H25BrN4O3. The minimum atomic E-state index is -0.854. The van der Waals surface area contributed by atoms with Crippen LogP contribution in [0.15, 0.2) is 70.7 Å². The summed E-state index contributed by atoms with van der Waals surface area (Å²) in [7, 11) is 3.88. The zero-order valence-electron chi connectivity index (χ0n) is 20.3. The molecule has 182 valence electrons. The molecule has 3 aromatic carbocycles. The number of rotatable bonds is 4. The van der Waals surface area contributed by atoms with E-state index in [1.165, 1.54) is 4.90 Å². The van der Waals surface area contributed by atoms with Gasteiger partial charge in [-0.3, -0.25) is 14.5 Å². The molecule has 0 radical (unpaired) electrons. The maximum absolute atomic E-state index is 13.4. The predicted molar refractivity (Wildman–Crippen MR) is 145 cm³/mol. The van der Waals surface area contributed by atoms with Gasteiger partial charge in [-0.1, -0.05) is 40.2 Å². The number of carbonyl (C=O) groups is 2. The average molecular weight is 545 g/mol. The topological polar surface area (TPSA) is 89.5 Å². The highest BCUT2D eigenvalue weighted by atomic mass is 79.9. The lowest BCUT2D eigenvalue weighted by Gasteiger charge is -2.23. The van der Waals surface area contributed by atoms with E-state index in [1.807, 2.05) is 69.2 Å². The fraction of sp³-hybridized carbons (Fsp3) is 0.179. The normalized spacial score (nSPS) is 17.2. The summed E-state index contributed by atoms with van der Waals surface area (Å²) in [4.78, 5) is 38.0. The fourth-order valence-electron chi connectivity index (χ4n) is 4.45. The van der Waals surface area contributed by atoms with E-state index in [9.17, 15) is 14.7 Å². The van der Waals surface area contributed by atoms with Crippen LogP contribution >= 0.6 is 15.9 Å². The smallest absolute Gasteiger partial charge is 0.302 e. The van der Waals surface area contributed by atoms with E-state index in [4.69, 9.17) is 0 Å². The molecule has 1 saturated heterocycles. The molecule has 8 heteroatoms. The van der Waals surface area contributed by atoms with Crippen LogP contribution in [0.5, 0.6) is 0 Å². The number of aryl methyl sites for hydroxylation is 2. The SMILES string of the molecule is Cc1cc2nc(N3C(=O)C(=O)/C(=C(/O)c4ccc(Br)cc4)C3c3ccc(N(C)C)cc3)[nH]c2cc1C. The standard InChI is InChI=1S/C28H25BrN4O3/c1-15-13-21-22(14-16(15)2)31-28(30-21)33-24(17-7-11-20(12-8-17)32(3)4)23(26(35)27(33)36)25(34)18-5-9-19(29)10-6-18/h5-14,24,34H,1-4H3,(H,30,31)/b25-23+. The van der Waals surface area contributed by atoms with E-state index in [2.05, 4.69) is 25.9 Å². The first-order valence-electron chi connectivity index (χ1n) is 11.5. The number of benzene rings is 3. The number of halogens is 1. The van der Waals surface area contributed by atoms with Gasteiger partial charge in [0.15, 0.2) is 0 Å². The summed E-state index contributed by atoms with van der Waals surface area (Å²) in [6, 6.07) is 17.6. The number of ketones is 1. The predicted octanol–water partition coefficient (Wildman–Crippen LogP) is 5.63. The minimum absolute atomic E-state index is 0.0211. The fourth-order valence-corrected chi connectivity index (χ4v) is 4.72. The second-order valence-corrected chi connectivity index (χ2v) is 10.1. The first-order valence-corrected chi connectivity index (χ1v) is 12.3.